The predicted octanol–water partition coefficient (Wildman–Crippen LogP) is 2.77. The van der Waals surface area contributed by atoms with Crippen molar-refractivity contribution in [3.05, 3.63) is 11.1 Å². The Hall–Kier alpha value is -0.400. The second kappa shape index (κ2) is 11.2. The molecule has 128 valence electrons. The van der Waals surface area contributed by atoms with E-state index in [4.69, 9.17) is 0 Å². The number of likely N-dealkylation sites (tertiary alicyclic amines) is 1. The highest BCUT2D eigenvalue weighted by atomic mass is 35.5. The van der Waals surface area contributed by atoms with Crippen LogP contribution in [0.15, 0.2) is 5.38 Å². The number of aromatic nitrogens is 1. The summed E-state index contributed by atoms with van der Waals surface area (Å²) in [5.41, 5.74) is 1.06. The smallest absolute Gasteiger partial charge is 0.223 e. The first-order valence-corrected chi connectivity index (χ1v) is 8.20. The number of nitrogens with zero attached hydrogens (tertiary/aromatic N) is 2. The van der Waals surface area contributed by atoms with Crippen molar-refractivity contribution in [2.24, 2.45) is 5.92 Å². The lowest BCUT2D eigenvalue weighted by molar-refractivity contribution is -0.114. The van der Waals surface area contributed by atoms with Crippen molar-refractivity contribution in [2.45, 2.75) is 33.2 Å². The number of carbonyl (C=O) groups excluding carboxylic acids is 1. The van der Waals surface area contributed by atoms with Crippen LogP contribution < -0.4 is 10.6 Å². The monoisotopic (exact) mass is 368 g/mol. The molecule has 2 N–H and O–H groups in total. The average Bonchev–Trinajstić information content (AvgIpc) is 2.84. The van der Waals surface area contributed by atoms with Gasteiger partial charge in [0.05, 0.1) is 5.69 Å². The van der Waals surface area contributed by atoms with E-state index in [1.807, 2.05) is 5.38 Å². The topological polar surface area (TPSA) is 57.3 Å². The third kappa shape index (κ3) is 7.24. The Balaban J connectivity index is 0.00000220. The van der Waals surface area contributed by atoms with E-state index in [-0.39, 0.29) is 30.7 Å². The number of rotatable bonds is 6. The molecule has 0 spiro atoms. The Labute approximate surface area is 149 Å². The van der Waals surface area contributed by atoms with E-state index in [9.17, 15) is 4.79 Å². The minimum Gasteiger partial charge on any atom is -0.317 e. The van der Waals surface area contributed by atoms with Crippen LogP contribution in [0.4, 0.5) is 5.13 Å². The van der Waals surface area contributed by atoms with Crippen LogP contribution in [0.1, 0.15) is 32.4 Å². The lowest BCUT2D eigenvalue weighted by Crippen LogP contribution is -2.36. The highest BCUT2D eigenvalue weighted by Crippen LogP contribution is 2.21. The van der Waals surface area contributed by atoms with E-state index in [1.54, 1.807) is 0 Å². The molecule has 0 bridgehead atoms. The van der Waals surface area contributed by atoms with Crippen LogP contribution in [0.25, 0.3) is 0 Å². The second-order valence-corrected chi connectivity index (χ2v) is 6.21. The first-order valence-electron chi connectivity index (χ1n) is 7.32. The van der Waals surface area contributed by atoms with Crippen molar-refractivity contribution >= 4 is 47.2 Å². The fourth-order valence-corrected chi connectivity index (χ4v) is 3.26. The number of piperidine rings is 1. The lowest BCUT2D eigenvalue weighted by atomic mass is 9.97. The van der Waals surface area contributed by atoms with E-state index in [2.05, 4.69) is 27.4 Å². The number of hydrogen-bond donors (Lipinski definition) is 2. The average molecular weight is 369 g/mol. The molecule has 0 saturated carbocycles. The van der Waals surface area contributed by atoms with Gasteiger partial charge >= 0.3 is 0 Å². The maximum Gasteiger partial charge on any atom is 0.223 e. The SMILES string of the molecule is CCNCC1CCN(Cc2csc(NC(C)=O)n2)CC1.Cl.Cl. The van der Waals surface area contributed by atoms with Gasteiger partial charge in [-0.2, -0.15) is 0 Å². The summed E-state index contributed by atoms with van der Waals surface area (Å²) in [5, 5.41) is 8.91. The molecule has 2 rings (SSSR count). The zero-order chi connectivity index (χ0) is 14.4. The molecule has 22 heavy (non-hydrogen) atoms. The number of thiazole rings is 1. The van der Waals surface area contributed by atoms with Crippen LogP contribution in [0.2, 0.25) is 0 Å². The Morgan fingerprint density at radius 2 is 2.09 bits per heavy atom. The number of anilines is 1. The summed E-state index contributed by atoms with van der Waals surface area (Å²) in [6, 6.07) is 0. The van der Waals surface area contributed by atoms with Crippen molar-refractivity contribution in [1.82, 2.24) is 15.2 Å². The quantitative estimate of drug-likeness (QED) is 0.810. The van der Waals surface area contributed by atoms with Gasteiger partial charge in [-0.15, -0.1) is 36.2 Å². The van der Waals surface area contributed by atoms with Gasteiger partial charge in [-0.25, -0.2) is 4.98 Å². The molecule has 1 aliphatic rings. The maximum atomic E-state index is 11.0. The number of carbonyl (C=O) groups is 1. The maximum absolute atomic E-state index is 11.0. The van der Waals surface area contributed by atoms with E-state index in [1.165, 1.54) is 31.1 Å². The Morgan fingerprint density at radius 3 is 2.68 bits per heavy atom. The summed E-state index contributed by atoms with van der Waals surface area (Å²) < 4.78 is 0. The molecule has 0 radical (unpaired) electrons. The van der Waals surface area contributed by atoms with E-state index >= 15 is 0 Å². The molecule has 1 fully saturated rings. The van der Waals surface area contributed by atoms with Gasteiger partial charge < -0.3 is 10.6 Å². The number of hydrogen-bond acceptors (Lipinski definition) is 5. The van der Waals surface area contributed by atoms with Crippen LogP contribution in [-0.2, 0) is 11.3 Å². The number of nitrogens with one attached hydrogen (secondary N) is 2. The summed E-state index contributed by atoms with van der Waals surface area (Å²) in [5.74, 6) is 0.756. The first-order chi connectivity index (χ1) is 9.67. The summed E-state index contributed by atoms with van der Waals surface area (Å²) in [6.45, 7) is 9.05. The van der Waals surface area contributed by atoms with Crippen LogP contribution in [-0.4, -0.2) is 42.0 Å². The molecule has 5 nitrogen and oxygen atoms in total. The van der Waals surface area contributed by atoms with Crippen molar-refractivity contribution in [2.75, 3.05) is 31.5 Å². The minimum absolute atomic E-state index is 0. The fraction of sp³-hybridized carbons (Fsp3) is 0.714. The van der Waals surface area contributed by atoms with Gasteiger partial charge in [0.15, 0.2) is 5.13 Å². The lowest BCUT2D eigenvalue weighted by Gasteiger charge is -2.31. The molecule has 2 heterocycles. The van der Waals surface area contributed by atoms with E-state index in [0.717, 1.165) is 44.3 Å². The first kappa shape index (κ1) is 21.6. The molecule has 1 aromatic heterocycles. The summed E-state index contributed by atoms with van der Waals surface area (Å²) in [7, 11) is 0. The minimum atomic E-state index is -0.0601. The third-order valence-electron chi connectivity index (χ3n) is 3.61. The van der Waals surface area contributed by atoms with Crippen molar-refractivity contribution < 1.29 is 4.79 Å². The van der Waals surface area contributed by atoms with Crippen LogP contribution in [0.5, 0.6) is 0 Å². The normalized spacial score (nSPS) is 15.7. The fourth-order valence-electron chi connectivity index (χ4n) is 2.51. The zero-order valence-corrected chi connectivity index (χ0v) is 15.6. The molecule has 0 aliphatic carbocycles. The van der Waals surface area contributed by atoms with Gasteiger partial charge in [-0.05, 0) is 44.9 Å². The van der Waals surface area contributed by atoms with Crippen molar-refractivity contribution in [3.63, 3.8) is 0 Å². The highest BCUT2D eigenvalue weighted by molar-refractivity contribution is 7.13. The summed E-state index contributed by atoms with van der Waals surface area (Å²) in [6.07, 6.45) is 2.52. The highest BCUT2D eigenvalue weighted by Gasteiger charge is 2.19. The molecular formula is C14H26Cl2N4OS. The van der Waals surface area contributed by atoms with Crippen molar-refractivity contribution in [1.29, 1.82) is 0 Å². The van der Waals surface area contributed by atoms with Crippen LogP contribution in [0.3, 0.4) is 0 Å². The number of amides is 1. The Bertz CT molecular complexity index is 436. The standard InChI is InChI=1S/C14H24N4OS.2ClH/c1-3-15-8-12-4-6-18(7-5-12)9-13-10-20-14(17-13)16-11(2)19;;/h10,12,15H,3-9H2,1-2H3,(H,16,17,19);2*1H. The molecular weight excluding hydrogens is 343 g/mol. The van der Waals surface area contributed by atoms with Crippen molar-refractivity contribution in [3.8, 4) is 0 Å². The van der Waals surface area contributed by atoms with Gasteiger partial charge in [-0.3, -0.25) is 9.69 Å². The molecule has 0 unspecified atom stereocenters. The Morgan fingerprint density at radius 1 is 1.41 bits per heavy atom. The largest absolute Gasteiger partial charge is 0.317 e. The molecule has 8 heteroatoms. The van der Waals surface area contributed by atoms with E-state index < -0.39 is 0 Å². The van der Waals surface area contributed by atoms with Gasteiger partial charge in [0.25, 0.3) is 0 Å². The Kier molecular flexibility index (Phi) is 11.0. The van der Waals surface area contributed by atoms with Crippen LogP contribution >= 0.6 is 36.2 Å². The molecule has 1 aliphatic heterocycles. The predicted molar refractivity (Wildman–Crippen MR) is 97.5 cm³/mol. The summed E-state index contributed by atoms with van der Waals surface area (Å²) in [4.78, 5) is 17.9. The molecule has 0 aromatic carbocycles. The van der Waals surface area contributed by atoms with Gasteiger partial charge in [-0.1, -0.05) is 6.92 Å². The second-order valence-electron chi connectivity index (χ2n) is 5.35. The van der Waals surface area contributed by atoms with Gasteiger partial charge in [0.1, 0.15) is 0 Å². The molecule has 1 saturated heterocycles. The third-order valence-corrected chi connectivity index (χ3v) is 4.42. The van der Waals surface area contributed by atoms with E-state index in [0.29, 0.717) is 5.13 Å². The zero-order valence-electron chi connectivity index (χ0n) is 13.1. The molecule has 1 aromatic rings. The van der Waals surface area contributed by atoms with Crippen LogP contribution in [0, 0.1) is 5.92 Å². The van der Waals surface area contributed by atoms with Gasteiger partial charge in [0, 0.05) is 18.8 Å². The molecule has 1 amide bonds. The molecule has 0 atom stereocenters. The number of halogens is 2. The van der Waals surface area contributed by atoms with Gasteiger partial charge in [0.2, 0.25) is 5.91 Å². The summed E-state index contributed by atoms with van der Waals surface area (Å²) >= 11 is 1.50.